The maximum atomic E-state index is 12.5. The van der Waals surface area contributed by atoms with Crippen LogP contribution in [0.3, 0.4) is 0 Å². The van der Waals surface area contributed by atoms with E-state index in [1.165, 1.54) is 43.4 Å². The number of carbonyl (C=O) groups excluding carboxylic acids is 2. The molecule has 0 saturated heterocycles. The number of primary sulfonamides is 1. The fraction of sp³-hybridized carbons (Fsp3) is 0.263. The number of aryl methyl sites for hydroxylation is 2. The Balaban J connectivity index is 1.81. The van der Waals surface area contributed by atoms with E-state index in [-0.39, 0.29) is 16.2 Å². The number of nitrogens with one attached hydrogen (secondary N) is 2. The summed E-state index contributed by atoms with van der Waals surface area (Å²) < 4.78 is 48.3. The average molecular weight is 469 g/mol. The maximum Gasteiger partial charge on any atom is 0.253 e. The molecule has 2 amide bonds. The Hall–Kier alpha value is -2.80. The van der Waals surface area contributed by atoms with Gasteiger partial charge in [-0.2, -0.15) is 4.31 Å². The summed E-state index contributed by atoms with van der Waals surface area (Å²) in [7, 11) is -6.36. The summed E-state index contributed by atoms with van der Waals surface area (Å²) in [6.07, 6.45) is 0.320. The van der Waals surface area contributed by atoms with Crippen molar-refractivity contribution in [3.05, 3.63) is 59.7 Å². The molecule has 0 spiro atoms. The van der Waals surface area contributed by atoms with Gasteiger partial charge in [0.25, 0.3) is 5.91 Å². The fourth-order valence-electron chi connectivity index (χ4n) is 2.52. The van der Waals surface area contributed by atoms with Crippen LogP contribution >= 0.6 is 0 Å². The second-order valence-electron chi connectivity index (χ2n) is 6.86. The van der Waals surface area contributed by atoms with E-state index in [0.29, 0.717) is 12.0 Å². The molecule has 0 saturated carbocycles. The van der Waals surface area contributed by atoms with Gasteiger partial charge in [0.2, 0.25) is 26.0 Å². The van der Waals surface area contributed by atoms with Crippen molar-refractivity contribution in [1.29, 1.82) is 0 Å². The van der Waals surface area contributed by atoms with Crippen LogP contribution in [-0.4, -0.2) is 46.5 Å². The van der Waals surface area contributed by atoms with E-state index >= 15 is 0 Å². The normalized spacial score (nSPS) is 11.9. The molecule has 0 bridgehead atoms. The zero-order valence-electron chi connectivity index (χ0n) is 17.0. The zero-order valence-corrected chi connectivity index (χ0v) is 18.7. The Morgan fingerprint density at radius 3 is 1.94 bits per heavy atom. The molecular weight excluding hydrogens is 444 g/mol. The Kier molecular flexibility index (Phi) is 7.90. The van der Waals surface area contributed by atoms with Gasteiger partial charge in [0.15, 0.2) is 0 Å². The molecule has 168 valence electrons. The van der Waals surface area contributed by atoms with Crippen molar-refractivity contribution >= 4 is 31.9 Å². The SMILES string of the molecule is Cc1ccc(S(=O)(=O)N(C)CC(=O)NNC(=O)CCc2ccc(S(N)(=O)=O)cc2)cc1. The van der Waals surface area contributed by atoms with Crippen molar-refractivity contribution in [1.82, 2.24) is 15.2 Å². The Bertz CT molecular complexity index is 1140. The number of rotatable bonds is 8. The lowest BCUT2D eigenvalue weighted by Gasteiger charge is -2.17. The first-order valence-corrected chi connectivity index (χ1v) is 12.1. The molecule has 0 radical (unpaired) electrons. The number of likely N-dealkylation sites (N-methyl/N-ethyl adjacent to an activating group) is 1. The van der Waals surface area contributed by atoms with Gasteiger partial charge >= 0.3 is 0 Å². The van der Waals surface area contributed by atoms with Crippen LogP contribution in [0.2, 0.25) is 0 Å². The number of benzene rings is 2. The van der Waals surface area contributed by atoms with Crippen molar-refractivity contribution in [2.24, 2.45) is 5.14 Å². The highest BCUT2D eigenvalue weighted by Crippen LogP contribution is 2.14. The lowest BCUT2D eigenvalue weighted by molar-refractivity contribution is -0.128. The van der Waals surface area contributed by atoms with Crippen LogP contribution in [0.15, 0.2) is 58.3 Å². The highest BCUT2D eigenvalue weighted by atomic mass is 32.2. The minimum atomic E-state index is -3.84. The lowest BCUT2D eigenvalue weighted by Crippen LogP contribution is -2.46. The summed E-state index contributed by atoms with van der Waals surface area (Å²) in [6.45, 7) is 1.35. The molecular formula is C19H24N4O6S2. The maximum absolute atomic E-state index is 12.5. The third-order valence-corrected chi connectivity index (χ3v) is 7.08. The highest BCUT2D eigenvalue weighted by molar-refractivity contribution is 7.89. The molecule has 2 aromatic rings. The number of hydrogen-bond donors (Lipinski definition) is 3. The summed E-state index contributed by atoms with van der Waals surface area (Å²) in [5.74, 6) is -1.20. The Morgan fingerprint density at radius 1 is 0.871 bits per heavy atom. The minimum Gasteiger partial charge on any atom is -0.273 e. The molecule has 0 unspecified atom stereocenters. The summed E-state index contributed by atoms with van der Waals surface area (Å²) in [5.41, 5.74) is 6.00. The fourth-order valence-corrected chi connectivity index (χ4v) is 4.17. The number of nitrogens with zero attached hydrogens (tertiary/aromatic N) is 1. The molecule has 0 atom stereocenters. The molecule has 31 heavy (non-hydrogen) atoms. The predicted molar refractivity (Wildman–Crippen MR) is 113 cm³/mol. The van der Waals surface area contributed by atoms with Crippen LogP contribution in [0.1, 0.15) is 17.5 Å². The second kappa shape index (κ2) is 10.0. The Morgan fingerprint density at radius 2 is 1.39 bits per heavy atom. The second-order valence-corrected chi connectivity index (χ2v) is 10.5. The molecule has 0 aromatic heterocycles. The van der Waals surface area contributed by atoms with Gasteiger partial charge in [0, 0.05) is 13.5 Å². The topological polar surface area (TPSA) is 156 Å². The highest BCUT2D eigenvalue weighted by Gasteiger charge is 2.23. The molecule has 12 heteroatoms. The third kappa shape index (κ3) is 7.14. The van der Waals surface area contributed by atoms with Gasteiger partial charge in [0.05, 0.1) is 16.3 Å². The minimum absolute atomic E-state index is 0.0203. The molecule has 0 aliphatic carbocycles. The lowest BCUT2D eigenvalue weighted by atomic mass is 10.1. The molecule has 0 fully saturated rings. The summed E-state index contributed by atoms with van der Waals surface area (Å²) in [6, 6.07) is 12.0. The van der Waals surface area contributed by atoms with Gasteiger partial charge in [-0.25, -0.2) is 22.0 Å². The average Bonchev–Trinajstić information content (AvgIpc) is 2.70. The smallest absolute Gasteiger partial charge is 0.253 e. The predicted octanol–water partition coefficient (Wildman–Crippen LogP) is 0.0431. The number of hydrogen-bond acceptors (Lipinski definition) is 6. The van der Waals surface area contributed by atoms with E-state index < -0.39 is 38.4 Å². The van der Waals surface area contributed by atoms with Crippen LogP contribution in [0, 0.1) is 6.92 Å². The van der Waals surface area contributed by atoms with E-state index in [4.69, 9.17) is 5.14 Å². The molecule has 4 N–H and O–H groups in total. The van der Waals surface area contributed by atoms with E-state index in [1.54, 1.807) is 12.1 Å². The van der Waals surface area contributed by atoms with Crippen LogP contribution in [-0.2, 0) is 36.1 Å². The number of nitrogens with two attached hydrogens (primary N) is 1. The van der Waals surface area contributed by atoms with Crippen LogP contribution in [0.4, 0.5) is 0 Å². The number of sulfonamides is 2. The van der Waals surface area contributed by atoms with Crippen molar-refractivity contribution in [2.45, 2.75) is 29.6 Å². The van der Waals surface area contributed by atoms with Gasteiger partial charge in [-0.1, -0.05) is 29.8 Å². The molecule has 2 aromatic carbocycles. The molecule has 0 aliphatic heterocycles. The van der Waals surface area contributed by atoms with Crippen molar-refractivity contribution in [3.63, 3.8) is 0 Å². The summed E-state index contributed by atoms with van der Waals surface area (Å²) in [5, 5.41) is 5.02. The zero-order chi connectivity index (χ0) is 23.2. The first kappa shape index (κ1) is 24.5. The van der Waals surface area contributed by atoms with Gasteiger partial charge in [0.1, 0.15) is 0 Å². The van der Waals surface area contributed by atoms with Crippen molar-refractivity contribution in [2.75, 3.05) is 13.6 Å². The molecule has 0 heterocycles. The largest absolute Gasteiger partial charge is 0.273 e. The summed E-state index contributed by atoms with van der Waals surface area (Å²) >= 11 is 0. The third-order valence-electron chi connectivity index (χ3n) is 4.33. The van der Waals surface area contributed by atoms with E-state index in [9.17, 15) is 26.4 Å². The van der Waals surface area contributed by atoms with Gasteiger partial charge in [-0.05, 0) is 43.2 Å². The summed E-state index contributed by atoms with van der Waals surface area (Å²) in [4.78, 5) is 23.9. The number of carbonyl (C=O) groups is 2. The molecule has 2 rings (SSSR count). The molecule has 10 nitrogen and oxygen atoms in total. The van der Waals surface area contributed by atoms with Crippen LogP contribution in [0.25, 0.3) is 0 Å². The van der Waals surface area contributed by atoms with E-state index in [2.05, 4.69) is 10.9 Å². The van der Waals surface area contributed by atoms with Crippen molar-refractivity contribution < 1.29 is 26.4 Å². The van der Waals surface area contributed by atoms with Crippen LogP contribution in [0.5, 0.6) is 0 Å². The van der Waals surface area contributed by atoms with Gasteiger partial charge in [-0.3, -0.25) is 20.4 Å². The van der Waals surface area contributed by atoms with E-state index in [1.807, 2.05) is 6.92 Å². The quantitative estimate of drug-likeness (QED) is 0.465. The van der Waals surface area contributed by atoms with Crippen molar-refractivity contribution in [3.8, 4) is 0 Å². The first-order chi connectivity index (χ1) is 14.4. The first-order valence-electron chi connectivity index (χ1n) is 9.12. The molecule has 0 aliphatic rings. The Labute approximate surface area is 181 Å². The van der Waals surface area contributed by atoms with Gasteiger partial charge < -0.3 is 0 Å². The monoisotopic (exact) mass is 468 g/mol. The standard InChI is InChI=1S/C19H24N4O6S2/c1-14-3-8-17(9-4-14)31(28,29)23(2)13-19(25)22-21-18(24)12-7-15-5-10-16(11-6-15)30(20,26)27/h3-6,8-11H,7,12-13H2,1-2H3,(H,21,24)(H,22,25)(H2,20,26,27). The van der Waals surface area contributed by atoms with Gasteiger partial charge in [-0.15, -0.1) is 0 Å². The van der Waals surface area contributed by atoms with E-state index in [0.717, 1.165) is 9.87 Å². The number of amides is 2. The van der Waals surface area contributed by atoms with Crippen LogP contribution < -0.4 is 16.0 Å². The number of hydrazine groups is 1.